The first kappa shape index (κ1) is 8.22. The van der Waals surface area contributed by atoms with Crippen LogP contribution in [0.25, 0.3) is 0 Å². The number of nitrogens with zero attached hydrogens (tertiary/aromatic N) is 3. The molecular weight excluding hydrogens is 170 g/mol. The topological polar surface area (TPSA) is 59.2 Å². The molecule has 1 aliphatic rings. The van der Waals surface area contributed by atoms with Crippen LogP contribution in [-0.4, -0.2) is 34.0 Å². The molecule has 13 heavy (non-hydrogen) atoms. The second-order valence-electron chi connectivity index (χ2n) is 3.08. The average molecular weight is 181 g/mol. The van der Waals surface area contributed by atoms with E-state index < -0.39 is 0 Å². The maximum Gasteiger partial charge on any atom is 0.222 e. The fourth-order valence-electron chi connectivity index (χ4n) is 1.48. The first-order valence-corrected chi connectivity index (χ1v) is 4.39. The van der Waals surface area contributed by atoms with Crippen LogP contribution in [0.4, 0.5) is 0 Å². The van der Waals surface area contributed by atoms with Crippen molar-refractivity contribution < 1.29 is 9.32 Å². The molecule has 1 fully saturated rings. The van der Waals surface area contributed by atoms with E-state index in [-0.39, 0.29) is 5.91 Å². The van der Waals surface area contributed by atoms with Gasteiger partial charge in [0.2, 0.25) is 12.3 Å². The first-order valence-electron chi connectivity index (χ1n) is 4.39. The van der Waals surface area contributed by atoms with E-state index in [4.69, 9.17) is 0 Å². The molecule has 0 aromatic carbocycles. The third-order valence-electron chi connectivity index (χ3n) is 2.18. The summed E-state index contributed by atoms with van der Waals surface area (Å²) in [6.07, 6.45) is 3.65. The second kappa shape index (κ2) is 3.55. The molecule has 0 radical (unpaired) electrons. The van der Waals surface area contributed by atoms with E-state index in [1.54, 1.807) is 0 Å². The molecule has 0 unspecified atom stereocenters. The van der Waals surface area contributed by atoms with Crippen LogP contribution in [0.15, 0.2) is 10.9 Å². The first-order chi connectivity index (χ1) is 6.36. The van der Waals surface area contributed by atoms with E-state index in [2.05, 4.69) is 14.7 Å². The number of hydrogen-bond acceptors (Lipinski definition) is 4. The van der Waals surface area contributed by atoms with Crippen molar-refractivity contribution in [2.24, 2.45) is 0 Å². The van der Waals surface area contributed by atoms with Crippen LogP contribution in [0, 0.1) is 0 Å². The Morgan fingerprint density at radius 3 is 3.15 bits per heavy atom. The lowest BCUT2D eigenvalue weighted by Crippen LogP contribution is -2.27. The Balaban J connectivity index is 1.82. The number of amides is 1. The monoisotopic (exact) mass is 181 g/mol. The lowest BCUT2D eigenvalue weighted by molar-refractivity contribution is -0.127. The number of likely N-dealkylation sites (tertiary alicyclic amines) is 1. The van der Waals surface area contributed by atoms with Crippen LogP contribution in [0.2, 0.25) is 0 Å². The van der Waals surface area contributed by atoms with Gasteiger partial charge in [-0.25, -0.2) is 0 Å². The van der Waals surface area contributed by atoms with Crippen molar-refractivity contribution in [2.75, 3.05) is 13.1 Å². The van der Waals surface area contributed by atoms with Gasteiger partial charge in [0, 0.05) is 25.9 Å². The molecule has 2 rings (SSSR count). The minimum Gasteiger partial charge on any atom is -0.343 e. The number of hydrogen-bond donors (Lipinski definition) is 0. The zero-order valence-corrected chi connectivity index (χ0v) is 7.27. The van der Waals surface area contributed by atoms with Gasteiger partial charge in [0.05, 0.1) is 0 Å². The fourth-order valence-corrected chi connectivity index (χ4v) is 1.48. The van der Waals surface area contributed by atoms with Gasteiger partial charge in [-0.3, -0.25) is 4.79 Å². The number of carbonyl (C=O) groups is 1. The molecule has 0 saturated carbocycles. The summed E-state index contributed by atoms with van der Waals surface area (Å²) in [4.78, 5) is 16.9. The summed E-state index contributed by atoms with van der Waals surface area (Å²) in [5.41, 5.74) is 0. The Hall–Kier alpha value is -1.39. The van der Waals surface area contributed by atoms with Gasteiger partial charge in [-0.1, -0.05) is 5.16 Å². The Morgan fingerprint density at radius 1 is 1.62 bits per heavy atom. The lowest BCUT2D eigenvalue weighted by Gasteiger charge is -2.13. The zero-order valence-electron chi connectivity index (χ0n) is 7.27. The van der Waals surface area contributed by atoms with E-state index in [0.717, 1.165) is 13.0 Å². The maximum atomic E-state index is 11.2. The predicted octanol–water partition coefficient (Wildman–Crippen LogP) is 0.235. The van der Waals surface area contributed by atoms with Gasteiger partial charge in [0.15, 0.2) is 5.82 Å². The average Bonchev–Trinajstić information content (AvgIpc) is 2.72. The molecule has 1 aromatic rings. The Morgan fingerprint density at radius 2 is 2.54 bits per heavy atom. The van der Waals surface area contributed by atoms with Crippen LogP contribution in [-0.2, 0) is 11.2 Å². The van der Waals surface area contributed by atoms with E-state index >= 15 is 0 Å². The SMILES string of the molecule is O=C1CCCN1CCc1ncon1. The summed E-state index contributed by atoms with van der Waals surface area (Å²) < 4.78 is 4.59. The zero-order chi connectivity index (χ0) is 9.10. The minimum absolute atomic E-state index is 0.239. The van der Waals surface area contributed by atoms with E-state index in [0.29, 0.717) is 25.2 Å². The van der Waals surface area contributed by atoms with Gasteiger partial charge in [0.1, 0.15) is 0 Å². The molecule has 70 valence electrons. The van der Waals surface area contributed by atoms with Gasteiger partial charge >= 0.3 is 0 Å². The van der Waals surface area contributed by atoms with Crippen molar-refractivity contribution >= 4 is 5.91 Å². The van der Waals surface area contributed by atoms with Crippen molar-refractivity contribution in [1.29, 1.82) is 0 Å². The van der Waals surface area contributed by atoms with Gasteiger partial charge < -0.3 is 9.42 Å². The third kappa shape index (κ3) is 1.85. The van der Waals surface area contributed by atoms with E-state index in [1.807, 2.05) is 4.90 Å². The standard InChI is InChI=1S/C8H11N3O2/c12-8-2-1-4-11(8)5-3-7-9-6-13-10-7/h6H,1-5H2. The molecule has 1 saturated heterocycles. The van der Waals surface area contributed by atoms with E-state index in [1.165, 1.54) is 6.39 Å². The summed E-state index contributed by atoms with van der Waals surface area (Å²) in [6, 6.07) is 0. The molecule has 5 heteroatoms. The largest absolute Gasteiger partial charge is 0.343 e. The highest BCUT2D eigenvalue weighted by Gasteiger charge is 2.19. The molecule has 0 spiro atoms. The Labute approximate surface area is 75.7 Å². The molecule has 0 bridgehead atoms. The summed E-state index contributed by atoms with van der Waals surface area (Å²) in [6.45, 7) is 1.58. The molecule has 0 atom stereocenters. The molecular formula is C8H11N3O2. The highest BCUT2D eigenvalue weighted by atomic mass is 16.5. The van der Waals surface area contributed by atoms with Crippen LogP contribution in [0.5, 0.6) is 0 Å². The van der Waals surface area contributed by atoms with E-state index in [9.17, 15) is 4.79 Å². The van der Waals surface area contributed by atoms with Gasteiger partial charge in [0.25, 0.3) is 0 Å². The molecule has 1 amide bonds. The van der Waals surface area contributed by atoms with Crippen LogP contribution in [0.3, 0.4) is 0 Å². The van der Waals surface area contributed by atoms with Crippen LogP contribution in [0.1, 0.15) is 18.7 Å². The molecule has 5 nitrogen and oxygen atoms in total. The second-order valence-corrected chi connectivity index (χ2v) is 3.08. The van der Waals surface area contributed by atoms with Crippen molar-refractivity contribution in [1.82, 2.24) is 15.0 Å². The number of rotatable bonds is 3. The Kier molecular flexibility index (Phi) is 2.25. The normalized spacial score (nSPS) is 16.9. The summed E-state index contributed by atoms with van der Waals surface area (Å²) in [5.74, 6) is 0.906. The molecule has 0 aliphatic carbocycles. The Bertz CT molecular complexity index is 284. The van der Waals surface area contributed by atoms with Crippen molar-refractivity contribution in [3.63, 3.8) is 0 Å². The van der Waals surface area contributed by atoms with Crippen LogP contribution < -0.4 is 0 Å². The number of aromatic nitrogens is 2. The maximum absolute atomic E-state index is 11.2. The smallest absolute Gasteiger partial charge is 0.222 e. The molecule has 0 N–H and O–H groups in total. The summed E-state index contributed by atoms with van der Waals surface area (Å²) >= 11 is 0. The van der Waals surface area contributed by atoms with Crippen molar-refractivity contribution in [3.8, 4) is 0 Å². The van der Waals surface area contributed by atoms with Crippen molar-refractivity contribution in [2.45, 2.75) is 19.3 Å². The summed E-state index contributed by atoms with van der Waals surface area (Å²) in [7, 11) is 0. The van der Waals surface area contributed by atoms with Crippen molar-refractivity contribution in [3.05, 3.63) is 12.2 Å². The van der Waals surface area contributed by atoms with Gasteiger partial charge in [-0.2, -0.15) is 4.98 Å². The molecule has 2 heterocycles. The molecule has 1 aromatic heterocycles. The lowest BCUT2D eigenvalue weighted by atomic mass is 10.4. The summed E-state index contributed by atoms with van der Waals surface area (Å²) in [5, 5.41) is 3.68. The molecule has 1 aliphatic heterocycles. The highest BCUT2D eigenvalue weighted by Crippen LogP contribution is 2.09. The fraction of sp³-hybridized carbons (Fsp3) is 0.625. The third-order valence-corrected chi connectivity index (χ3v) is 2.18. The van der Waals surface area contributed by atoms with Gasteiger partial charge in [-0.05, 0) is 6.42 Å². The predicted molar refractivity (Wildman–Crippen MR) is 43.8 cm³/mol. The number of carbonyl (C=O) groups excluding carboxylic acids is 1. The highest BCUT2D eigenvalue weighted by molar-refractivity contribution is 5.78. The quantitative estimate of drug-likeness (QED) is 0.670. The minimum atomic E-state index is 0.239. The van der Waals surface area contributed by atoms with Gasteiger partial charge in [-0.15, -0.1) is 0 Å². The van der Waals surface area contributed by atoms with Crippen LogP contribution >= 0.6 is 0 Å².